The lowest BCUT2D eigenvalue weighted by atomic mass is 10.2. The Kier molecular flexibility index (Phi) is 7.13. The molecule has 126 valence electrons. The fourth-order valence-corrected chi connectivity index (χ4v) is 4.30. The maximum absolute atomic E-state index is 12.1. The third-order valence-corrected chi connectivity index (χ3v) is 7.04. The topological polar surface area (TPSA) is 61.8 Å². The highest BCUT2D eigenvalue weighted by Crippen LogP contribution is 2.23. The quantitative estimate of drug-likeness (QED) is 0.430. The first kappa shape index (κ1) is 19.7. The summed E-state index contributed by atoms with van der Waals surface area (Å²) < 4.78 is 23.4. The predicted octanol–water partition coefficient (Wildman–Crippen LogP) is 2.34. The van der Waals surface area contributed by atoms with Gasteiger partial charge in [-0.1, -0.05) is 6.07 Å². The summed E-state index contributed by atoms with van der Waals surface area (Å²) in [7, 11) is -3.02. The average Bonchev–Trinajstić information content (AvgIpc) is 2.91. The molecule has 2 rings (SSSR count). The monoisotopic (exact) mass is 457 g/mol. The van der Waals surface area contributed by atoms with Crippen LogP contribution in [0.1, 0.15) is 25.6 Å². The third kappa shape index (κ3) is 4.58. The minimum atomic E-state index is -3.02. The Morgan fingerprint density at radius 3 is 2.77 bits per heavy atom. The fraction of sp³-hybridized carbons (Fsp3) is 0.643. The Morgan fingerprint density at radius 1 is 1.50 bits per heavy atom. The van der Waals surface area contributed by atoms with Gasteiger partial charge in [0.1, 0.15) is 0 Å². The van der Waals surface area contributed by atoms with Gasteiger partial charge in [0.15, 0.2) is 15.8 Å². The van der Waals surface area contributed by atoms with Crippen molar-refractivity contribution in [3.8, 4) is 0 Å². The number of hydrogen-bond acceptors (Lipinski definition) is 4. The zero-order chi connectivity index (χ0) is 15.5. The zero-order valence-corrected chi connectivity index (χ0v) is 17.2. The summed E-state index contributed by atoms with van der Waals surface area (Å²) in [6.45, 7) is 7.98. The van der Waals surface area contributed by atoms with E-state index < -0.39 is 14.6 Å². The molecule has 5 nitrogen and oxygen atoms in total. The first-order valence-corrected chi connectivity index (χ1v) is 9.67. The van der Waals surface area contributed by atoms with Crippen LogP contribution in [0.2, 0.25) is 0 Å². The first-order chi connectivity index (χ1) is 9.86. The van der Waals surface area contributed by atoms with Crippen LogP contribution in [0.25, 0.3) is 0 Å². The van der Waals surface area contributed by atoms with Crippen molar-refractivity contribution >= 4 is 51.1 Å². The molecule has 22 heavy (non-hydrogen) atoms. The summed E-state index contributed by atoms with van der Waals surface area (Å²) in [5.74, 6) is 0.984. The van der Waals surface area contributed by atoms with Crippen molar-refractivity contribution in [1.82, 2.24) is 10.2 Å². The number of sulfone groups is 1. The van der Waals surface area contributed by atoms with Crippen molar-refractivity contribution in [3.05, 3.63) is 22.4 Å². The van der Waals surface area contributed by atoms with Gasteiger partial charge in [0, 0.05) is 24.5 Å². The second-order valence-corrected chi connectivity index (χ2v) is 9.52. The number of guanidine groups is 1. The van der Waals surface area contributed by atoms with E-state index in [4.69, 9.17) is 0 Å². The van der Waals surface area contributed by atoms with Crippen LogP contribution in [0, 0.1) is 0 Å². The Hall–Kier alpha value is -0.350. The van der Waals surface area contributed by atoms with E-state index in [0.29, 0.717) is 19.6 Å². The van der Waals surface area contributed by atoms with Gasteiger partial charge in [-0.05, 0) is 32.2 Å². The normalized spacial score (nSPS) is 20.3. The lowest BCUT2D eigenvalue weighted by Crippen LogP contribution is -2.57. The summed E-state index contributed by atoms with van der Waals surface area (Å²) in [6.07, 6.45) is 0. The minimum Gasteiger partial charge on any atom is -0.357 e. The molecule has 0 amide bonds. The molecule has 1 saturated heterocycles. The van der Waals surface area contributed by atoms with Gasteiger partial charge in [-0.2, -0.15) is 0 Å². The van der Waals surface area contributed by atoms with Crippen molar-refractivity contribution in [3.63, 3.8) is 0 Å². The van der Waals surface area contributed by atoms with Gasteiger partial charge in [-0.15, -0.1) is 35.3 Å². The van der Waals surface area contributed by atoms with Crippen molar-refractivity contribution in [1.29, 1.82) is 0 Å². The van der Waals surface area contributed by atoms with Crippen LogP contribution in [0.5, 0.6) is 0 Å². The van der Waals surface area contributed by atoms with Crippen LogP contribution >= 0.6 is 35.3 Å². The number of thiophene rings is 1. The van der Waals surface area contributed by atoms with Crippen LogP contribution in [0.3, 0.4) is 0 Å². The van der Waals surface area contributed by atoms with Crippen molar-refractivity contribution in [2.75, 3.05) is 25.4 Å². The molecule has 1 aliphatic rings. The van der Waals surface area contributed by atoms with Crippen LogP contribution < -0.4 is 5.32 Å². The van der Waals surface area contributed by atoms with Gasteiger partial charge in [-0.3, -0.25) is 0 Å². The lowest BCUT2D eigenvalue weighted by Gasteiger charge is -2.39. The van der Waals surface area contributed by atoms with Crippen LogP contribution in [0.15, 0.2) is 22.5 Å². The van der Waals surface area contributed by atoms with E-state index in [1.54, 1.807) is 25.2 Å². The first-order valence-electron chi connectivity index (χ1n) is 7.13. The largest absolute Gasteiger partial charge is 0.357 e. The average molecular weight is 457 g/mol. The van der Waals surface area contributed by atoms with Gasteiger partial charge in [0.05, 0.1) is 17.0 Å². The lowest BCUT2D eigenvalue weighted by molar-refractivity contribution is 0.353. The van der Waals surface area contributed by atoms with Crippen LogP contribution in [-0.2, 0) is 16.4 Å². The molecule has 8 heteroatoms. The molecular weight excluding hydrogens is 433 g/mol. The van der Waals surface area contributed by atoms with Gasteiger partial charge in [0.2, 0.25) is 0 Å². The fourth-order valence-electron chi connectivity index (χ4n) is 2.31. The summed E-state index contributed by atoms with van der Waals surface area (Å²) in [4.78, 5) is 7.90. The Labute approximate surface area is 154 Å². The Bertz CT molecular complexity index is 598. The highest BCUT2D eigenvalue weighted by molar-refractivity contribution is 14.0. The molecule has 1 N–H and O–H groups in total. The van der Waals surface area contributed by atoms with Gasteiger partial charge in [0.25, 0.3) is 0 Å². The molecule has 0 aliphatic carbocycles. The molecular formula is C14H24IN3O2S2. The summed E-state index contributed by atoms with van der Waals surface area (Å²) in [5.41, 5.74) is 0. The second kappa shape index (κ2) is 7.96. The van der Waals surface area contributed by atoms with Gasteiger partial charge >= 0.3 is 0 Å². The van der Waals surface area contributed by atoms with E-state index in [1.807, 2.05) is 18.4 Å². The number of nitrogens with one attached hydrogen (secondary N) is 1. The smallest absolute Gasteiger partial charge is 0.194 e. The van der Waals surface area contributed by atoms with E-state index >= 15 is 0 Å². The Balaban J connectivity index is 0.00000242. The molecule has 0 aromatic carbocycles. The van der Waals surface area contributed by atoms with Crippen LogP contribution in [0.4, 0.5) is 0 Å². The molecule has 0 unspecified atom stereocenters. The number of aliphatic imine (C=N–C) groups is 1. The molecule has 0 radical (unpaired) electrons. The maximum Gasteiger partial charge on any atom is 0.194 e. The van der Waals surface area contributed by atoms with E-state index in [0.717, 1.165) is 12.5 Å². The maximum atomic E-state index is 12.1. The van der Waals surface area contributed by atoms with E-state index in [1.165, 1.54) is 4.88 Å². The number of nitrogens with zero attached hydrogens (tertiary/aromatic N) is 2. The van der Waals surface area contributed by atoms with E-state index in [2.05, 4.69) is 21.3 Å². The molecule has 0 atom stereocenters. The predicted molar refractivity (Wildman–Crippen MR) is 104 cm³/mol. The molecule has 1 aromatic rings. The number of hydrogen-bond donors (Lipinski definition) is 1. The van der Waals surface area contributed by atoms with E-state index in [9.17, 15) is 8.42 Å². The van der Waals surface area contributed by atoms with E-state index in [-0.39, 0.29) is 29.7 Å². The zero-order valence-electron chi connectivity index (χ0n) is 13.2. The highest BCUT2D eigenvalue weighted by Gasteiger charge is 2.40. The molecule has 0 bridgehead atoms. The standard InChI is InChI=1S/C14H23N3O2S2.HI/c1-4-15-13(16-10-12-6-5-8-20-12)17-7-9-21(18,19)14(2,3)11-17;/h5-6,8H,4,7,9-11H2,1-3H3,(H,15,16);1H. The van der Waals surface area contributed by atoms with Crippen molar-refractivity contribution in [2.24, 2.45) is 4.99 Å². The number of halogens is 1. The molecule has 0 spiro atoms. The molecule has 1 fully saturated rings. The summed E-state index contributed by atoms with van der Waals surface area (Å²) in [6, 6.07) is 4.07. The van der Waals surface area contributed by atoms with Crippen molar-refractivity contribution < 1.29 is 8.42 Å². The van der Waals surface area contributed by atoms with Gasteiger partial charge in [-0.25, -0.2) is 13.4 Å². The Morgan fingerprint density at radius 2 is 2.23 bits per heavy atom. The second-order valence-electron chi connectivity index (χ2n) is 5.75. The SMILES string of the molecule is CCNC(=NCc1cccs1)N1CCS(=O)(=O)C(C)(C)C1.I. The molecule has 1 aromatic heterocycles. The number of rotatable bonds is 3. The highest BCUT2D eigenvalue weighted by atomic mass is 127. The summed E-state index contributed by atoms with van der Waals surface area (Å²) >= 11 is 1.68. The van der Waals surface area contributed by atoms with Crippen molar-refractivity contribution in [2.45, 2.75) is 32.1 Å². The summed E-state index contributed by atoms with van der Waals surface area (Å²) in [5, 5.41) is 5.30. The minimum absolute atomic E-state index is 0. The van der Waals surface area contributed by atoms with Gasteiger partial charge < -0.3 is 10.2 Å². The molecule has 2 heterocycles. The third-order valence-electron chi connectivity index (χ3n) is 3.64. The molecule has 0 saturated carbocycles. The van der Waals surface area contributed by atoms with Crippen LogP contribution in [-0.4, -0.2) is 49.4 Å². The molecule has 1 aliphatic heterocycles.